The molecule has 1 amide bonds. The average Bonchev–Trinajstić information content (AvgIpc) is 2.65. The van der Waals surface area contributed by atoms with E-state index >= 15 is 0 Å². The van der Waals surface area contributed by atoms with Crippen molar-refractivity contribution < 1.29 is 9.90 Å². The summed E-state index contributed by atoms with van der Waals surface area (Å²) in [6, 6.07) is 5.60. The Kier molecular flexibility index (Phi) is 3.39. The molecule has 2 aromatic rings. The quantitative estimate of drug-likeness (QED) is 0.766. The molecule has 0 aromatic carbocycles. The second-order valence-electron chi connectivity index (χ2n) is 3.81. The number of aromatic nitrogens is 2. The standard InChI is InChI=1S/C12H15N3O2/c1-9-11(12(17)13-6-4-8-16)15-7-3-2-5-10(15)14-9/h2-3,5,7,16H,4,6,8H2,1H3,(H,13,17). The van der Waals surface area contributed by atoms with Crippen molar-refractivity contribution in [2.75, 3.05) is 13.2 Å². The molecule has 0 radical (unpaired) electrons. The number of aliphatic hydroxyl groups excluding tert-OH is 1. The number of rotatable bonds is 4. The fraction of sp³-hybridized carbons (Fsp3) is 0.333. The second-order valence-corrected chi connectivity index (χ2v) is 3.81. The van der Waals surface area contributed by atoms with Crippen molar-refractivity contribution in [3.05, 3.63) is 35.8 Å². The maximum Gasteiger partial charge on any atom is 0.270 e. The Morgan fingerprint density at radius 3 is 3.12 bits per heavy atom. The monoisotopic (exact) mass is 233 g/mol. The Morgan fingerprint density at radius 1 is 1.53 bits per heavy atom. The lowest BCUT2D eigenvalue weighted by Gasteiger charge is -2.04. The number of fused-ring (bicyclic) bond motifs is 1. The molecule has 2 N–H and O–H groups in total. The van der Waals surface area contributed by atoms with Gasteiger partial charge in [0.2, 0.25) is 0 Å². The molecule has 5 nitrogen and oxygen atoms in total. The van der Waals surface area contributed by atoms with E-state index in [0.717, 1.165) is 5.65 Å². The van der Waals surface area contributed by atoms with Gasteiger partial charge >= 0.3 is 0 Å². The fourth-order valence-corrected chi connectivity index (χ4v) is 1.75. The normalized spacial score (nSPS) is 10.7. The zero-order chi connectivity index (χ0) is 12.3. The smallest absolute Gasteiger partial charge is 0.270 e. The molecule has 17 heavy (non-hydrogen) atoms. The summed E-state index contributed by atoms with van der Waals surface area (Å²) in [4.78, 5) is 16.3. The van der Waals surface area contributed by atoms with Gasteiger partial charge in [-0.3, -0.25) is 9.20 Å². The summed E-state index contributed by atoms with van der Waals surface area (Å²) < 4.78 is 1.77. The minimum Gasteiger partial charge on any atom is -0.396 e. The molecule has 90 valence electrons. The van der Waals surface area contributed by atoms with Crippen LogP contribution in [0.5, 0.6) is 0 Å². The van der Waals surface area contributed by atoms with Gasteiger partial charge in [0.15, 0.2) is 0 Å². The highest BCUT2D eigenvalue weighted by atomic mass is 16.3. The third kappa shape index (κ3) is 2.29. The van der Waals surface area contributed by atoms with Crippen molar-refractivity contribution in [2.24, 2.45) is 0 Å². The summed E-state index contributed by atoms with van der Waals surface area (Å²) in [5, 5.41) is 11.4. The molecule has 0 saturated heterocycles. The Labute approximate surface area is 99.1 Å². The largest absolute Gasteiger partial charge is 0.396 e. The molecule has 2 heterocycles. The number of aryl methyl sites for hydroxylation is 1. The van der Waals surface area contributed by atoms with Gasteiger partial charge in [-0.05, 0) is 25.5 Å². The molecule has 0 saturated carbocycles. The van der Waals surface area contributed by atoms with Crippen LogP contribution in [-0.4, -0.2) is 33.6 Å². The van der Waals surface area contributed by atoms with Gasteiger partial charge in [-0.15, -0.1) is 0 Å². The lowest BCUT2D eigenvalue weighted by Crippen LogP contribution is -2.26. The average molecular weight is 233 g/mol. The van der Waals surface area contributed by atoms with E-state index in [0.29, 0.717) is 24.4 Å². The van der Waals surface area contributed by atoms with E-state index in [9.17, 15) is 4.79 Å². The number of carbonyl (C=O) groups excluding carboxylic acids is 1. The minimum atomic E-state index is -0.158. The molecule has 0 aliphatic rings. The van der Waals surface area contributed by atoms with Crippen LogP contribution in [0.15, 0.2) is 24.4 Å². The van der Waals surface area contributed by atoms with Gasteiger partial charge in [-0.25, -0.2) is 4.98 Å². The number of carbonyl (C=O) groups is 1. The van der Waals surface area contributed by atoms with E-state index in [1.54, 1.807) is 4.40 Å². The summed E-state index contributed by atoms with van der Waals surface area (Å²) in [7, 11) is 0. The molecule has 2 rings (SSSR count). The van der Waals surface area contributed by atoms with E-state index in [1.165, 1.54) is 0 Å². The lowest BCUT2D eigenvalue weighted by atomic mass is 10.3. The number of amides is 1. The van der Waals surface area contributed by atoms with Gasteiger partial charge in [0.25, 0.3) is 5.91 Å². The van der Waals surface area contributed by atoms with Crippen molar-refractivity contribution in [2.45, 2.75) is 13.3 Å². The molecule has 0 aliphatic heterocycles. The van der Waals surface area contributed by atoms with Crippen LogP contribution >= 0.6 is 0 Å². The van der Waals surface area contributed by atoms with Crippen LogP contribution in [0.2, 0.25) is 0 Å². The van der Waals surface area contributed by atoms with Crippen LogP contribution in [0.1, 0.15) is 22.6 Å². The summed E-state index contributed by atoms with van der Waals surface area (Å²) in [6.45, 7) is 2.36. The first kappa shape index (κ1) is 11.6. The first-order valence-electron chi connectivity index (χ1n) is 5.57. The third-order valence-corrected chi connectivity index (χ3v) is 2.54. The van der Waals surface area contributed by atoms with Crippen molar-refractivity contribution in [3.63, 3.8) is 0 Å². The maximum atomic E-state index is 12.0. The highest BCUT2D eigenvalue weighted by Gasteiger charge is 2.15. The van der Waals surface area contributed by atoms with Gasteiger partial charge < -0.3 is 10.4 Å². The van der Waals surface area contributed by atoms with Gasteiger partial charge in [0.05, 0.1) is 5.69 Å². The molecular weight excluding hydrogens is 218 g/mol. The van der Waals surface area contributed by atoms with E-state index in [-0.39, 0.29) is 12.5 Å². The van der Waals surface area contributed by atoms with Crippen molar-refractivity contribution in [1.29, 1.82) is 0 Å². The fourth-order valence-electron chi connectivity index (χ4n) is 1.75. The number of hydrogen-bond acceptors (Lipinski definition) is 3. The number of nitrogens with one attached hydrogen (secondary N) is 1. The SMILES string of the molecule is Cc1nc2ccccn2c1C(=O)NCCCO. The van der Waals surface area contributed by atoms with E-state index < -0.39 is 0 Å². The van der Waals surface area contributed by atoms with Crippen LogP contribution in [-0.2, 0) is 0 Å². The molecule has 0 atom stereocenters. The van der Waals surface area contributed by atoms with Crippen LogP contribution in [0.3, 0.4) is 0 Å². The topological polar surface area (TPSA) is 66.6 Å². The second kappa shape index (κ2) is 4.97. The zero-order valence-electron chi connectivity index (χ0n) is 9.68. The Morgan fingerprint density at radius 2 is 2.35 bits per heavy atom. The van der Waals surface area contributed by atoms with Crippen LogP contribution in [0, 0.1) is 6.92 Å². The summed E-state index contributed by atoms with van der Waals surface area (Å²) in [6.07, 6.45) is 2.37. The number of aliphatic hydroxyl groups is 1. The summed E-state index contributed by atoms with van der Waals surface area (Å²) in [5.41, 5.74) is 2.02. The molecule has 2 aromatic heterocycles. The molecule has 0 fully saturated rings. The zero-order valence-corrected chi connectivity index (χ0v) is 9.68. The van der Waals surface area contributed by atoms with Gasteiger partial charge in [-0.2, -0.15) is 0 Å². The van der Waals surface area contributed by atoms with E-state index in [2.05, 4.69) is 10.3 Å². The predicted molar refractivity (Wildman–Crippen MR) is 64.0 cm³/mol. The Hall–Kier alpha value is -1.88. The van der Waals surface area contributed by atoms with Crippen molar-refractivity contribution >= 4 is 11.6 Å². The number of imidazole rings is 1. The third-order valence-electron chi connectivity index (χ3n) is 2.54. The molecule has 0 spiro atoms. The maximum absolute atomic E-state index is 12.0. The van der Waals surface area contributed by atoms with Gasteiger partial charge in [0, 0.05) is 19.3 Å². The van der Waals surface area contributed by atoms with Gasteiger partial charge in [0.1, 0.15) is 11.3 Å². The number of pyridine rings is 1. The Bertz CT molecular complexity index is 534. The molecule has 5 heteroatoms. The molecule has 0 bridgehead atoms. The molecular formula is C12H15N3O2. The summed E-state index contributed by atoms with van der Waals surface area (Å²) in [5.74, 6) is -0.158. The highest BCUT2D eigenvalue weighted by Crippen LogP contribution is 2.11. The van der Waals surface area contributed by atoms with Crippen molar-refractivity contribution in [3.8, 4) is 0 Å². The number of nitrogens with zero attached hydrogens (tertiary/aromatic N) is 2. The predicted octanol–water partition coefficient (Wildman–Crippen LogP) is 0.755. The van der Waals surface area contributed by atoms with Gasteiger partial charge in [-0.1, -0.05) is 6.07 Å². The summed E-state index contributed by atoms with van der Waals surface area (Å²) >= 11 is 0. The molecule has 0 unspecified atom stereocenters. The Balaban J connectivity index is 2.28. The molecule has 0 aliphatic carbocycles. The van der Waals surface area contributed by atoms with Crippen LogP contribution in [0.25, 0.3) is 5.65 Å². The van der Waals surface area contributed by atoms with Crippen LogP contribution in [0.4, 0.5) is 0 Å². The minimum absolute atomic E-state index is 0.0758. The van der Waals surface area contributed by atoms with E-state index in [4.69, 9.17) is 5.11 Å². The first-order chi connectivity index (χ1) is 8.24. The first-order valence-corrected chi connectivity index (χ1v) is 5.57. The highest BCUT2D eigenvalue weighted by molar-refractivity contribution is 5.94. The van der Waals surface area contributed by atoms with Crippen LogP contribution < -0.4 is 5.32 Å². The van der Waals surface area contributed by atoms with Crippen molar-refractivity contribution in [1.82, 2.24) is 14.7 Å². The number of hydrogen-bond donors (Lipinski definition) is 2. The van der Waals surface area contributed by atoms with E-state index in [1.807, 2.05) is 31.3 Å². The lowest BCUT2D eigenvalue weighted by molar-refractivity contribution is 0.0944.